The molecule has 0 aliphatic carbocycles. The molecule has 0 fully saturated rings. The molecule has 24 heavy (non-hydrogen) atoms. The molecule has 2 N–H and O–H groups in total. The Morgan fingerprint density at radius 3 is 2.25 bits per heavy atom. The van der Waals surface area contributed by atoms with Crippen molar-refractivity contribution in [1.29, 1.82) is 0 Å². The standard InChI is InChI=1S/C14H16F4N2O4/c1-3-23-11(21)13(14(16,17)18,20-12(22)24-4-2)19-10-7-5-6-9(15)8-10/h5-8,19H,3-4H2,1-2H3,(H,20,22). The Bertz CT molecular complexity index is 594. The van der Waals surface area contributed by atoms with Gasteiger partial charge >= 0.3 is 23.9 Å². The first-order valence-electron chi connectivity index (χ1n) is 6.89. The molecular weight excluding hydrogens is 336 g/mol. The summed E-state index contributed by atoms with van der Waals surface area (Å²) in [6, 6.07) is 3.96. The molecule has 1 aromatic carbocycles. The molecule has 6 nitrogen and oxygen atoms in total. The van der Waals surface area contributed by atoms with E-state index in [4.69, 9.17) is 0 Å². The lowest BCUT2D eigenvalue weighted by Gasteiger charge is -2.34. The normalized spacial score (nSPS) is 13.6. The highest BCUT2D eigenvalue weighted by Crippen LogP contribution is 2.33. The molecule has 1 amide bonds. The molecule has 1 atom stereocenters. The van der Waals surface area contributed by atoms with Gasteiger partial charge in [0.2, 0.25) is 0 Å². The fraction of sp³-hybridized carbons (Fsp3) is 0.429. The molecule has 1 aromatic rings. The lowest BCUT2D eigenvalue weighted by atomic mass is 10.1. The summed E-state index contributed by atoms with van der Waals surface area (Å²) in [5.41, 5.74) is -4.03. The number of halogens is 4. The summed E-state index contributed by atoms with van der Waals surface area (Å²) in [4.78, 5) is 23.5. The molecule has 0 spiro atoms. The first-order valence-corrected chi connectivity index (χ1v) is 6.89. The summed E-state index contributed by atoms with van der Waals surface area (Å²) in [7, 11) is 0. The van der Waals surface area contributed by atoms with Crippen molar-refractivity contribution in [3.05, 3.63) is 30.1 Å². The second kappa shape index (κ2) is 7.84. The Morgan fingerprint density at radius 1 is 1.12 bits per heavy atom. The molecule has 0 radical (unpaired) electrons. The minimum absolute atomic E-state index is 0.220. The number of nitrogens with one attached hydrogen (secondary N) is 2. The Kier molecular flexibility index (Phi) is 6.38. The summed E-state index contributed by atoms with van der Waals surface area (Å²) < 4.78 is 62.9. The van der Waals surface area contributed by atoms with Crippen molar-refractivity contribution in [3.8, 4) is 0 Å². The van der Waals surface area contributed by atoms with E-state index >= 15 is 0 Å². The van der Waals surface area contributed by atoms with Crippen LogP contribution in [0.3, 0.4) is 0 Å². The van der Waals surface area contributed by atoms with Gasteiger partial charge in [0.15, 0.2) is 0 Å². The van der Waals surface area contributed by atoms with Crippen molar-refractivity contribution in [3.63, 3.8) is 0 Å². The Balaban J connectivity index is 3.33. The molecular formula is C14H16F4N2O4. The van der Waals surface area contributed by atoms with Crippen LogP contribution in [0.1, 0.15) is 13.8 Å². The molecule has 0 aromatic heterocycles. The van der Waals surface area contributed by atoms with Crippen LogP contribution in [0.4, 0.5) is 28.0 Å². The van der Waals surface area contributed by atoms with E-state index in [9.17, 15) is 27.2 Å². The SMILES string of the molecule is CCOC(=O)NC(Nc1cccc(F)c1)(C(=O)OCC)C(F)(F)F. The number of carbonyl (C=O) groups excluding carboxylic acids is 2. The van der Waals surface area contributed by atoms with E-state index in [1.54, 1.807) is 5.32 Å². The fourth-order valence-electron chi connectivity index (χ4n) is 1.73. The average molecular weight is 352 g/mol. The Hall–Kier alpha value is -2.52. The third-order valence-electron chi connectivity index (χ3n) is 2.73. The summed E-state index contributed by atoms with van der Waals surface area (Å²) in [5, 5.41) is 3.23. The van der Waals surface area contributed by atoms with Gasteiger partial charge in [0.05, 0.1) is 13.2 Å². The summed E-state index contributed by atoms with van der Waals surface area (Å²) >= 11 is 0. The number of amides is 1. The van der Waals surface area contributed by atoms with Gasteiger partial charge in [0.1, 0.15) is 5.82 Å². The molecule has 0 aliphatic rings. The third kappa shape index (κ3) is 4.49. The molecule has 1 unspecified atom stereocenters. The first-order chi connectivity index (χ1) is 11.2. The number of carbonyl (C=O) groups is 2. The van der Waals surface area contributed by atoms with Crippen LogP contribution in [0.15, 0.2) is 24.3 Å². The summed E-state index contributed by atoms with van der Waals surface area (Å²) in [6.07, 6.45) is -6.80. The van der Waals surface area contributed by atoms with Crippen LogP contribution in [-0.4, -0.2) is 37.1 Å². The van der Waals surface area contributed by atoms with Gasteiger partial charge in [-0.05, 0) is 32.0 Å². The highest BCUT2D eigenvalue weighted by atomic mass is 19.4. The van der Waals surface area contributed by atoms with Crippen molar-refractivity contribution in [2.75, 3.05) is 18.5 Å². The smallest absolute Gasteiger partial charge is 0.442 e. The highest BCUT2D eigenvalue weighted by molar-refractivity contribution is 5.89. The number of anilines is 1. The van der Waals surface area contributed by atoms with E-state index < -0.39 is 35.4 Å². The van der Waals surface area contributed by atoms with Crippen LogP contribution in [0, 0.1) is 5.82 Å². The van der Waals surface area contributed by atoms with Crippen molar-refractivity contribution in [1.82, 2.24) is 5.32 Å². The van der Waals surface area contributed by atoms with Gasteiger partial charge < -0.3 is 14.8 Å². The maximum absolute atomic E-state index is 13.6. The minimum atomic E-state index is -5.31. The highest BCUT2D eigenvalue weighted by Gasteiger charge is 2.64. The predicted molar refractivity (Wildman–Crippen MR) is 75.6 cm³/mol. The van der Waals surface area contributed by atoms with Crippen LogP contribution in [-0.2, 0) is 14.3 Å². The zero-order valence-electron chi connectivity index (χ0n) is 12.9. The number of rotatable bonds is 6. The number of esters is 1. The maximum atomic E-state index is 13.6. The molecule has 0 heterocycles. The van der Waals surface area contributed by atoms with Gasteiger partial charge in [-0.3, -0.25) is 5.32 Å². The van der Waals surface area contributed by atoms with E-state index in [0.717, 1.165) is 24.3 Å². The molecule has 134 valence electrons. The predicted octanol–water partition coefficient (Wildman–Crippen LogP) is 2.81. The monoisotopic (exact) mass is 352 g/mol. The van der Waals surface area contributed by atoms with Gasteiger partial charge in [-0.2, -0.15) is 13.2 Å². The minimum Gasteiger partial charge on any atom is -0.463 e. The lowest BCUT2D eigenvalue weighted by Crippen LogP contribution is -2.69. The van der Waals surface area contributed by atoms with Crippen LogP contribution in [0.5, 0.6) is 0 Å². The van der Waals surface area contributed by atoms with Gasteiger partial charge in [0, 0.05) is 5.69 Å². The number of alkyl halides is 3. The second-order valence-corrected chi connectivity index (χ2v) is 4.45. The van der Waals surface area contributed by atoms with Crippen molar-refractivity contribution in [2.45, 2.75) is 25.7 Å². The summed E-state index contributed by atoms with van der Waals surface area (Å²) in [6.45, 7) is 2.08. The van der Waals surface area contributed by atoms with Crippen LogP contribution in [0.25, 0.3) is 0 Å². The van der Waals surface area contributed by atoms with Crippen molar-refractivity contribution in [2.24, 2.45) is 0 Å². The van der Waals surface area contributed by atoms with Crippen LogP contribution in [0.2, 0.25) is 0 Å². The van der Waals surface area contributed by atoms with E-state index in [0.29, 0.717) is 0 Å². The summed E-state index contributed by atoms with van der Waals surface area (Å²) in [5.74, 6) is -2.65. The third-order valence-corrected chi connectivity index (χ3v) is 2.73. The van der Waals surface area contributed by atoms with Crippen LogP contribution < -0.4 is 10.6 Å². The molecule has 1 rings (SSSR count). The van der Waals surface area contributed by atoms with Crippen LogP contribution >= 0.6 is 0 Å². The number of ether oxygens (including phenoxy) is 2. The zero-order valence-corrected chi connectivity index (χ0v) is 12.9. The zero-order chi connectivity index (χ0) is 18.4. The average Bonchev–Trinajstić information content (AvgIpc) is 2.45. The molecule has 0 bridgehead atoms. The lowest BCUT2D eigenvalue weighted by molar-refractivity contribution is -0.205. The Labute approximate surface area is 135 Å². The number of alkyl carbamates (subject to hydrolysis) is 1. The van der Waals surface area contributed by atoms with Crippen molar-refractivity contribution < 1.29 is 36.6 Å². The first kappa shape index (κ1) is 19.5. The number of hydrogen-bond donors (Lipinski definition) is 2. The quantitative estimate of drug-likeness (QED) is 0.468. The largest absolute Gasteiger partial charge is 0.463 e. The molecule has 0 saturated heterocycles. The van der Waals surface area contributed by atoms with Gasteiger partial charge in [-0.25, -0.2) is 14.0 Å². The number of benzene rings is 1. The van der Waals surface area contributed by atoms with Gasteiger partial charge in [-0.1, -0.05) is 6.07 Å². The fourth-order valence-corrected chi connectivity index (χ4v) is 1.73. The molecule has 10 heteroatoms. The number of hydrogen-bond acceptors (Lipinski definition) is 5. The van der Waals surface area contributed by atoms with Crippen molar-refractivity contribution >= 4 is 17.7 Å². The van der Waals surface area contributed by atoms with Gasteiger partial charge in [0.25, 0.3) is 0 Å². The van der Waals surface area contributed by atoms with E-state index in [1.165, 1.54) is 19.2 Å². The van der Waals surface area contributed by atoms with E-state index in [2.05, 4.69) is 9.47 Å². The van der Waals surface area contributed by atoms with E-state index in [-0.39, 0.29) is 13.2 Å². The van der Waals surface area contributed by atoms with Gasteiger partial charge in [-0.15, -0.1) is 0 Å². The van der Waals surface area contributed by atoms with E-state index in [1.807, 2.05) is 0 Å². The topological polar surface area (TPSA) is 76.7 Å². The maximum Gasteiger partial charge on any atom is 0.442 e. The molecule has 0 saturated carbocycles. The second-order valence-electron chi connectivity index (χ2n) is 4.45. The molecule has 0 aliphatic heterocycles. The Morgan fingerprint density at radius 2 is 1.75 bits per heavy atom.